The zero-order valence-electron chi connectivity index (χ0n) is 32.2. The Morgan fingerprint density at radius 3 is 2.63 bits per heavy atom. The van der Waals surface area contributed by atoms with Crippen molar-refractivity contribution in [2.24, 2.45) is 5.92 Å². The highest BCUT2D eigenvalue weighted by molar-refractivity contribution is 5.98. The topological polar surface area (TPSA) is 145 Å². The Labute approximate surface area is 315 Å². The molecule has 54 heavy (non-hydrogen) atoms. The van der Waals surface area contributed by atoms with Crippen molar-refractivity contribution in [3.63, 3.8) is 0 Å². The van der Waals surface area contributed by atoms with Crippen LogP contribution in [0.4, 0.5) is 9.18 Å². The first-order chi connectivity index (χ1) is 25.6. The number of methoxy groups -OCH3 is 1. The van der Waals surface area contributed by atoms with Crippen LogP contribution >= 0.6 is 0 Å². The number of allylic oxidation sites excluding steroid dienone is 1. The molecule has 3 aliphatic heterocycles. The molecule has 6 rings (SSSR count). The van der Waals surface area contributed by atoms with Gasteiger partial charge in [-0.3, -0.25) is 9.59 Å². The fourth-order valence-corrected chi connectivity index (χ4v) is 7.81. The van der Waals surface area contributed by atoms with Gasteiger partial charge in [-0.05, 0) is 71.1 Å². The van der Waals surface area contributed by atoms with E-state index in [4.69, 9.17) is 23.9 Å². The molecule has 6 unspecified atom stereocenters. The van der Waals surface area contributed by atoms with Crippen molar-refractivity contribution in [1.82, 2.24) is 20.5 Å². The van der Waals surface area contributed by atoms with E-state index in [1.807, 2.05) is 26.0 Å². The van der Waals surface area contributed by atoms with Gasteiger partial charge in [-0.1, -0.05) is 50.7 Å². The summed E-state index contributed by atoms with van der Waals surface area (Å²) >= 11 is 0. The van der Waals surface area contributed by atoms with Crippen LogP contribution < -0.4 is 20.1 Å². The number of rotatable bonds is 5. The summed E-state index contributed by atoms with van der Waals surface area (Å²) in [5.74, 6) is 3.95. The van der Waals surface area contributed by atoms with Gasteiger partial charge < -0.3 is 34.5 Å². The number of ether oxygens (including phenoxy) is 4. The molecule has 1 spiro atoms. The zero-order chi connectivity index (χ0) is 39.0. The van der Waals surface area contributed by atoms with Crippen molar-refractivity contribution < 1.29 is 42.5 Å². The number of halogens is 1. The molecule has 0 saturated carbocycles. The molecule has 1 aliphatic carbocycles. The van der Waals surface area contributed by atoms with Crippen molar-refractivity contribution in [2.75, 3.05) is 20.3 Å². The van der Waals surface area contributed by atoms with Gasteiger partial charge in [0, 0.05) is 23.8 Å². The Hall–Kier alpha value is -4.86. The number of alkyl halides is 1. The molecule has 13 heteroatoms. The average molecular weight is 747 g/mol. The number of pyridine rings is 1. The first kappa shape index (κ1) is 38.9. The second-order valence-electron chi connectivity index (χ2n) is 16.0. The lowest BCUT2D eigenvalue weighted by Crippen LogP contribution is -2.65. The molecule has 2 aromatic rings. The number of amides is 3. The number of nitrogens with one attached hydrogen (secondary N) is 2. The predicted molar refractivity (Wildman–Crippen MR) is 198 cm³/mol. The SMILES string of the molecule is CCOC(=O)C12C#CC1C=CCCCCCC(NC(=O)OC(C)(C)C)C(=O)N1CC3(CC(F)c4c(c(C(C)C)nc5ccc(OC)cc45)O3)CC1C(=O)N2. The van der Waals surface area contributed by atoms with E-state index in [0.29, 0.717) is 40.8 Å². The molecule has 0 bridgehead atoms. The Kier molecular flexibility index (Phi) is 10.9. The first-order valence-electron chi connectivity index (χ1n) is 18.9. The smallest absolute Gasteiger partial charge is 0.408 e. The van der Waals surface area contributed by atoms with E-state index in [0.717, 1.165) is 12.8 Å². The Morgan fingerprint density at radius 1 is 1.19 bits per heavy atom. The summed E-state index contributed by atoms with van der Waals surface area (Å²) in [4.78, 5) is 62.1. The number of hydrogen-bond acceptors (Lipinski definition) is 9. The van der Waals surface area contributed by atoms with Crippen LogP contribution in [-0.2, 0) is 23.9 Å². The molecule has 1 aromatic carbocycles. The van der Waals surface area contributed by atoms with E-state index in [1.54, 1.807) is 45.9 Å². The molecule has 12 nitrogen and oxygen atoms in total. The number of benzene rings is 1. The normalized spacial score (nSPS) is 28.2. The van der Waals surface area contributed by atoms with Crippen molar-refractivity contribution in [3.8, 4) is 23.3 Å². The number of carbonyl (C=O) groups is 4. The fraction of sp³-hybridized carbons (Fsp3) is 0.585. The summed E-state index contributed by atoms with van der Waals surface area (Å²) in [5, 5.41) is 6.17. The van der Waals surface area contributed by atoms with E-state index in [2.05, 4.69) is 22.5 Å². The van der Waals surface area contributed by atoms with Gasteiger partial charge in [0.1, 0.15) is 41.0 Å². The molecule has 1 fully saturated rings. The standard InChI is InChI=1S/C41H51FN4O8/c1-8-52-37(49)41-19-18-25(41)14-12-10-9-11-13-15-30(44-38(50)54-39(4,5)6)36(48)46-23-40(22-31(46)35(47)45-41)21-28(42)32-27-20-26(51-7)16-17-29(27)43-33(24(2)3)34(32)53-40/h12,14,16-17,20,24-25,28,30-31H,8-11,13,15,21-23H2,1-7H3,(H,44,50)(H,45,47). The minimum absolute atomic E-state index is 0.0711. The molecule has 6 atom stereocenters. The fourth-order valence-electron chi connectivity index (χ4n) is 7.81. The van der Waals surface area contributed by atoms with Gasteiger partial charge in [0.2, 0.25) is 17.4 Å². The molecule has 4 aliphatic rings. The van der Waals surface area contributed by atoms with Gasteiger partial charge in [0.05, 0.1) is 37.4 Å². The van der Waals surface area contributed by atoms with E-state index < -0.39 is 64.8 Å². The second-order valence-corrected chi connectivity index (χ2v) is 16.0. The maximum Gasteiger partial charge on any atom is 0.408 e. The minimum atomic E-state index is -1.67. The maximum absolute atomic E-state index is 16.9. The summed E-state index contributed by atoms with van der Waals surface area (Å²) < 4.78 is 40.2. The van der Waals surface area contributed by atoms with E-state index >= 15 is 4.39 Å². The van der Waals surface area contributed by atoms with E-state index in [-0.39, 0.29) is 44.1 Å². The molecule has 3 amide bonds. The number of alkyl carbamates (subject to hydrolysis) is 1. The Balaban J connectivity index is 1.43. The Morgan fingerprint density at radius 2 is 1.96 bits per heavy atom. The van der Waals surface area contributed by atoms with Gasteiger partial charge in [-0.2, -0.15) is 0 Å². The maximum atomic E-state index is 16.9. The lowest BCUT2D eigenvalue weighted by molar-refractivity contribution is -0.153. The minimum Gasteiger partial charge on any atom is -0.497 e. The molecular weight excluding hydrogens is 695 g/mol. The number of hydrogen-bond donors (Lipinski definition) is 2. The van der Waals surface area contributed by atoms with Crippen LogP contribution in [0.15, 0.2) is 30.4 Å². The highest BCUT2D eigenvalue weighted by atomic mass is 19.1. The average Bonchev–Trinajstić information content (AvgIpc) is 3.46. The van der Waals surface area contributed by atoms with Crippen molar-refractivity contribution in [1.29, 1.82) is 0 Å². The molecule has 4 heterocycles. The highest BCUT2D eigenvalue weighted by Crippen LogP contribution is 2.52. The molecular formula is C41H51FN4O8. The summed E-state index contributed by atoms with van der Waals surface area (Å²) in [6.45, 7) is 10.6. The van der Waals surface area contributed by atoms with Crippen molar-refractivity contribution in [3.05, 3.63) is 41.6 Å². The number of nitrogens with zero attached hydrogens (tertiary/aromatic N) is 2. The van der Waals surface area contributed by atoms with Gasteiger partial charge >= 0.3 is 12.1 Å². The summed E-state index contributed by atoms with van der Waals surface area (Å²) in [6, 6.07) is 3.03. The number of esters is 1. The molecule has 1 aromatic heterocycles. The summed E-state index contributed by atoms with van der Waals surface area (Å²) in [5.41, 5.74) is -2.35. The number of aromatic nitrogens is 1. The number of fused-ring (bicyclic) bond motifs is 5. The highest BCUT2D eigenvalue weighted by Gasteiger charge is 2.58. The largest absolute Gasteiger partial charge is 0.497 e. The van der Waals surface area contributed by atoms with Crippen LogP contribution in [-0.4, -0.2) is 82.8 Å². The number of carbonyl (C=O) groups excluding carboxylic acids is 4. The first-order valence-corrected chi connectivity index (χ1v) is 18.9. The van der Waals surface area contributed by atoms with Gasteiger partial charge in [0.15, 0.2) is 0 Å². The third-order valence-corrected chi connectivity index (χ3v) is 10.4. The lowest BCUT2D eigenvalue weighted by Gasteiger charge is -2.39. The van der Waals surface area contributed by atoms with Crippen molar-refractivity contribution in [2.45, 2.75) is 127 Å². The molecule has 2 N–H and O–H groups in total. The lowest BCUT2D eigenvalue weighted by atomic mass is 9.76. The zero-order valence-corrected chi connectivity index (χ0v) is 32.2. The van der Waals surface area contributed by atoms with Crippen LogP contribution in [0.3, 0.4) is 0 Å². The van der Waals surface area contributed by atoms with Crippen LogP contribution in [0.25, 0.3) is 10.9 Å². The molecule has 0 radical (unpaired) electrons. The van der Waals surface area contributed by atoms with Gasteiger partial charge in [-0.15, -0.1) is 0 Å². The van der Waals surface area contributed by atoms with Gasteiger partial charge in [0.25, 0.3) is 0 Å². The monoisotopic (exact) mass is 746 g/mol. The molecule has 290 valence electrons. The van der Waals surface area contributed by atoms with E-state index in [9.17, 15) is 19.2 Å². The van der Waals surface area contributed by atoms with E-state index in [1.165, 1.54) is 12.0 Å². The third kappa shape index (κ3) is 7.57. The second kappa shape index (κ2) is 15.1. The van der Waals surface area contributed by atoms with Crippen molar-refractivity contribution >= 4 is 34.8 Å². The summed E-state index contributed by atoms with van der Waals surface area (Å²) in [7, 11) is 1.54. The Bertz CT molecular complexity index is 1910. The van der Waals surface area contributed by atoms with Crippen LogP contribution in [0, 0.1) is 17.8 Å². The van der Waals surface area contributed by atoms with Gasteiger partial charge in [-0.25, -0.2) is 19.0 Å². The van der Waals surface area contributed by atoms with Crippen LogP contribution in [0.1, 0.15) is 110 Å². The third-order valence-electron chi connectivity index (χ3n) is 10.4. The molecule has 1 saturated heterocycles. The summed E-state index contributed by atoms with van der Waals surface area (Å²) in [6.07, 6.45) is 4.28. The quantitative estimate of drug-likeness (QED) is 0.215. The predicted octanol–water partition coefficient (Wildman–Crippen LogP) is 5.96. The van der Waals surface area contributed by atoms with Crippen LogP contribution in [0.5, 0.6) is 11.5 Å². The van der Waals surface area contributed by atoms with Crippen LogP contribution in [0.2, 0.25) is 0 Å².